The van der Waals surface area contributed by atoms with E-state index in [1.807, 2.05) is 32.2 Å². The monoisotopic (exact) mass is 312 g/mol. The van der Waals surface area contributed by atoms with Crippen LogP contribution in [-0.4, -0.2) is 29.6 Å². The van der Waals surface area contributed by atoms with E-state index < -0.39 is 0 Å². The molecule has 0 fully saturated rings. The third-order valence-corrected chi connectivity index (χ3v) is 3.82. The van der Waals surface area contributed by atoms with Crippen LogP contribution in [0.1, 0.15) is 17.5 Å². The highest BCUT2D eigenvalue weighted by molar-refractivity contribution is 7.16. The Bertz CT molecular complexity index is 552. The second-order valence-corrected chi connectivity index (χ2v) is 6.02. The minimum atomic E-state index is 0.494. The zero-order valence-electron chi connectivity index (χ0n) is 11.5. The average molecular weight is 313 g/mol. The molecule has 0 bridgehead atoms. The lowest BCUT2D eigenvalue weighted by Gasteiger charge is -2.21. The molecular formula is C13H17ClN4OS. The zero-order valence-corrected chi connectivity index (χ0v) is 13.0. The summed E-state index contributed by atoms with van der Waals surface area (Å²) in [5.41, 5.74) is 0.813. The Kier molecular flexibility index (Phi) is 5.43. The summed E-state index contributed by atoms with van der Waals surface area (Å²) in [5.74, 6) is 0.833. The molecule has 0 radical (unpaired) electrons. The second-order valence-electron chi connectivity index (χ2n) is 4.22. The van der Waals surface area contributed by atoms with Gasteiger partial charge in [-0.25, -0.2) is 4.99 Å². The summed E-state index contributed by atoms with van der Waals surface area (Å²) in [7, 11) is 2.00. The van der Waals surface area contributed by atoms with Gasteiger partial charge in [-0.3, -0.25) is 0 Å². The molecule has 0 saturated carbocycles. The van der Waals surface area contributed by atoms with Crippen LogP contribution in [0.15, 0.2) is 34.0 Å². The molecule has 2 rings (SSSR count). The predicted octanol–water partition coefficient (Wildman–Crippen LogP) is 2.99. The van der Waals surface area contributed by atoms with E-state index in [4.69, 9.17) is 16.1 Å². The van der Waals surface area contributed by atoms with E-state index in [1.54, 1.807) is 17.6 Å². The number of hydrogen-bond acceptors (Lipinski definition) is 4. The number of rotatable bonds is 5. The summed E-state index contributed by atoms with van der Waals surface area (Å²) in [6, 6.07) is 5.76. The van der Waals surface area contributed by atoms with Gasteiger partial charge in [-0.15, -0.1) is 11.3 Å². The van der Waals surface area contributed by atoms with Crippen molar-refractivity contribution in [1.82, 2.24) is 15.4 Å². The van der Waals surface area contributed by atoms with Crippen molar-refractivity contribution in [1.29, 1.82) is 0 Å². The van der Waals surface area contributed by atoms with Crippen LogP contribution in [0.25, 0.3) is 0 Å². The van der Waals surface area contributed by atoms with Crippen LogP contribution in [0.3, 0.4) is 0 Å². The van der Waals surface area contributed by atoms with Gasteiger partial charge in [0.25, 0.3) is 0 Å². The molecule has 2 aromatic rings. The van der Waals surface area contributed by atoms with E-state index in [1.165, 1.54) is 4.88 Å². The summed E-state index contributed by atoms with van der Waals surface area (Å²) in [6.45, 7) is 4.12. The normalized spacial score (nSPS) is 11.7. The number of aromatic nitrogens is 1. The molecule has 7 heteroatoms. The maximum Gasteiger partial charge on any atom is 0.194 e. The van der Waals surface area contributed by atoms with Crippen molar-refractivity contribution in [2.24, 2.45) is 4.99 Å². The molecule has 0 saturated heterocycles. The van der Waals surface area contributed by atoms with Crippen molar-refractivity contribution in [3.63, 3.8) is 0 Å². The number of nitrogens with zero attached hydrogens (tertiary/aromatic N) is 3. The maximum atomic E-state index is 5.95. The summed E-state index contributed by atoms with van der Waals surface area (Å²) in [6.07, 6.45) is 1.55. The number of aliphatic imine (C=N–C) groups is 1. The second kappa shape index (κ2) is 7.31. The first-order chi connectivity index (χ1) is 9.69. The van der Waals surface area contributed by atoms with Crippen LogP contribution >= 0.6 is 22.9 Å². The zero-order chi connectivity index (χ0) is 14.4. The fourth-order valence-electron chi connectivity index (χ4n) is 1.69. The Morgan fingerprint density at radius 2 is 2.35 bits per heavy atom. The Labute approximate surface area is 127 Å². The molecule has 1 N–H and O–H groups in total. The smallest absolute Gasteiger partial charge is 0.194 e. The van der Waals surface area contributed by atoms with Crippen molar-refractivity contribution in [3.05, 3.63) is 39.4 Å². The molecule has 2 heterocycles. The van der Waals surface area contributed by atoms with Crippen LogP contribution in [0.2, 0.25) is 4.34 Å². The lowest BCUT2D eigenvalue weighted by Crippen LogP contribution is -2.38. The standard InChI is InChI=1S/C13H17ClN4OS/c1-3-15-13(16-8-10-6-7-19-17-10)18(2)9-11-4-5-12(14)20-11/h4-7H,3,8-9H2,1-2H3,(H,15,16). The number of thiophene rings is 1. The number of nitrogens with one attached hydrogen (secondary N) is 1. The molecule has 0 aliphatic carbocycles. The van der Waals surface area contributed by atoms with Gasteiger partial charge in [0.1, 0.15) is 12.0 Å². The molecule has 5 nitrogen and oxygen atoms in total. The van der Waals surface area contributed by atoms with Gasteiger partial charge in [-0.1, -0.05) is 16.8 Å². The van der Waals surface area contributed by atoms with Gasteiger partial charge in [0, 0.05) is 24.5 Å². The van der Waals surface area contributed by atoms with E-state index in [0.717, 1.165) is 29.1 Å². The Balaban J connectivity index is 2.01. The highest BCUT2D eigenvalue weighted by atomic mass is 35.5. The molecule has 0 aliphatic heterocycles. The molecule has 0 atom stereocenters. The SMILES string of the molecule is CCNC(=NCc1ccon1)N(C)Cc1ccc(Cl)s1. The third-order valence-electron chi connectivity index (χ3n) is 2.60. The van der Waals surface area contributed by atoms with E-state index >= 15 is 0 Å². The first kappa shape index (κ1) is 14.9. The number of halogens is 1. The van der Waals surface area contributed by atoms with Gasteiger partial charge in [-0.05, 0) is 19.1 Å². The Morgan fingerprint density at radius 3 is 2.95 bits per heavy atom. The van der Waals surface area contributed by atoms with Gasteiger partial charge in [0.2, 0.25) is 0 Å². The quantitative estimate of drug-likeness (QED) is 0.681. The van der Waals surface area contributed by atoms with E-state index in [0.29, 0.717) is 6.54 Å². The van der Waals surface area contributed by atoms with E-state index in [9.17, 15) is 0 Å². The average Bonchev–Trinajstić information content (AvgIpc) is 3.06. The summed E-state index contributed by atoms with van der Waals surface area (Å²) in [4.78, 5) is 7.80. The fraction of sp³-hybridized carbons (Fsp3) is 0.385. The van der Waals surface area contributed by atoms with Gasteiger partial charge in [-0.2, -0.15) is 0 Å². The molecule has 0 aromatic carbocycles. The van der Waals surface area contributed by atoms with Crippen molar-refractivity contribution < 1.29 is 4.52 Å². The molecule has 2 aromatic heterocycles. The lowest BCUT2D eigenvalue weighted by atomic mass is 10.4. The predicted molar refractivity (Wildman–Crippen MR) is 82.1 cm³/mol. The van der Waals surface area contributed by atoms with Crippen molar-refractivity contribution in [3.8, 4) is 0 Å². The molecule has 108 valence electrons. The maximum absolute atomic E-state index is 5.95. The minimum absolute atomic E-state index is 0.494. The highest BCUT2D eigenvalue weighted by Gasteiger charge is 2.08. The Hall–Kier alpha value is -1.53. The summed E-state index contributed by atoms with van der Waals surface area (Å²) < 4.78 is 5.60. The van der Waals surface area contributed by atoms with Crippen LogP contribution in [0.4, 0.5) is 0 Å². The minimum Gasteiger partial charge on any atom is -0.364 e. The van der Waals surface area contributed by atoms with Gasteiger partial charge in [0.15, 0.2) is 5.96 Å². The fourth-order valence-corrected chi connectivity index (χ4v) is 2.83. The highest BCUT2D eigenvalue weighted by Crippen LogP contribution is 2.22. The first-order valence-corrected chi connectivity index (χ1v) is 7.51. The van der Waals surface area contributed by atoms with Crippen molar-refractivity contribution >= 4 is 28.9 Å². The lowest BCUT2D eigenvalue weighted by molar-refractivity contribution is 0.411. The number of hydrogen-bond donors (Lipinski definition) is 1. The number of guanidine groups is 1. The summed E-state index contributed by atoms with van der Waals surface area (Å²) >= 11 is 7.53. The van der Waals surface area contributed by atoms with Gasteiger partial charge >= 0.3 is 0 Å². The van der Waals surface area contributed by atoms with Crippen LogP contribution in [0.5, 0.6) is 0 Å². The Morgan fingerprint density at radius 1 is 1.50 bits per heavy atom. The van der Waals surface area contributed by atoms with Crippen LogP contribution < -0.4 is 5.32 Å². The van der Waals surface area contributed by atoms with E-state index in [-0.39, 0.29) is 0 Å². The molecular weight excluding hydrogens is 296 g/mol. The third kappa shape index (κ3) is 4.25. The molecule has 0 spiro atoms. The molecule has 0 amide bonds. The first-order valence-electron chi connectivity index (χ1n) is 6.32. The topological polar surface area (TPSA) is 53.7 Å². The molecule has 0 aliphatic rings. The van der Waals surface area contributed by atoms with Crippen LogP contribution in [0, 0.1) is 0 Å². The summed E-state index contributed by atoms with van der Waals surface area (Å²) in [5, 5.41) is 7.11. The van der Waals surface area contributed by atoms with Crippen molar-refractivity contribution in [2.75, 3.05) is 13.6 Å². The molecule has 0 unspecified atom stereocenters. The van der Waals surface area contributed by atoms with Gasteiger partial charge in [0.05, 0.1) is 17.4 Å². The van der Waals surface area contributed by atoms with Crippen molar-refractivity contribution in [2.45, 2.75) is 20.0 Å². The molecule has 20 heavy (non-hydrogen) atoms. The van der Waals surface area contributed by atoms with E-state index in [2.05, 4.69) is 20.4 Å². The largest absolute Gasteiger partial charge is 0.364 e. The van der Waals surface area contributed by atoms with Gasteiger partial charge < -0.3 is 14.7 Å². The van der Waals surface area contributed by atoms with Crippen LogP contribution in [-0.2, 0) is 13.1 Å².